The first-order valence-electron chi connectivity index (χ1n) is 4.22. The third-order valence-electron chi connectivity index (χ3n) is 1.90. The molecule has 0 aliphatic heterocycles. The molecule has 0 atom stereocenters. The molecule has 0 unspecified atom stereocenters. The van der Waals surface area contributed by atoms with Crippen molar-refractivity contribution >= 4 is 6.29 Å². The fourth-order valence-electron chi connectivity index (χ4n) is 1.25. The Morgan fingerprint density at radius 3 is 2.93 bits per heavy atom. The molecule has 0 N–H and O–H groups in total. The molecule has 2 heterocycles. The Labute approximate surface area is 81.2 Å². The monoisotopic (exact) mass is 187 g/mol. The van der Waals surface area contributed by atoms with Crippen molar-refractivity contribution in [1.29, 1.82) is 0 Å². The number of rotatable bonds is 2. The van der Waals surface area contributed by atoms with Crippen LogP contribution in [0.2, 0.25) is 0 Å². The summed E-state index contributed by atoms with van der Waals surface area (Å²) >= 11 is 0. The van der Waals surface area contributed by atoms with Crippen molar-refractivity contribution in [2.45, 2.75) is 6.92 Å². The van der Waals surface area contributed by atoms with Gasteiger partial charge in [-0.2, -0.15) is 0 Å². The quantitative estimate of drug-likeness (QED) is 0.667. The molecule has 0 bridgehead atoms. The number of aromatic nitrogens is 3. The summed E-state index contributed by atoms with van der Waals surface area (Å²) in [5, 5.41) is 0. The first-order valence-corrected chi connectivity index (χ1v) is 4.22. The minimum Gasteiger partial charge on any atom is -0.298 e. The lowest BCUT2D eigenvalue weighted by Gasteiger charge is -2.02. The molecule has 0 spiro atoms. The van der Waals surface area contributed by atoms with Crippen molar-refractivity contribution < 1.29 is 4.79 Å². The molecule has 0 aliphatic carbocycles. The van der Waals surface area contributed by atoms with Crippen LogP contribution in [0.15, 0.2) is 30.9 Å². The minimum atomic E-state index is 0.560. The van der Waals surface area contributed by atoms with Crippen LogP contribution in [0.4, 0.5) is 0 Å². The molecular formula is C10H9N3O. The van der Waals surface area contributed by atoms with Gasteiger partial charge in [-0.05, 0) is 19.1 Å². The van der Waals surface area contributed by atoms with E-state index in [2.05, 4.69) is 9.97 Å². The van der Waals surface area contributed by atoms with Gasteiger partial charge in [0.25, 0.3) is 0 Å². The summed E-state index contributed by atoms with van der Waals surface area (Å²) in [4.78, 5) is 18.9. The predicted molar refractivity (Wildman–Crippen MR) is 51.5 cm³/mol. The smallest absolute Gasteiger partial charge is 0.153 e. The molecule has 14 heavy (non-hydrogen) atoms. The van der Waals surface area contributed by atoms with Crippen molar-refractivity contribution in [1.82, 2.24) is 14.5 Å². The van der Waals surface area contributed by atoms with Gasteiger partial charge in [-0.25, -0.2) is 9.97 Å². The third kappa shape index (κ3) is 1.42. The highest BCUT2D eigenvalue weighted by atomic mass is 16.1. The lowest BCUT2D eigenvalue weighted by atomic mass is 10.3. The standard InChI is InChI=1S/C10H9N3O/c1-8-5-13(7-12-8)10-9(6-14)3-2-4-11-10/h2-7H,1H3. The van der Waals surface area contributed by atoms with Gasteiger partial charge < -0.3 is 0 Å². The van der Waals surface area contributed by atoms with Crippen molar-refractivity contribution in [3.63, 3.8) is 0 Å². The van der Waals surface area contributed by atoms with Crippen LogP contribution in [-0.2, 0) is 0 Å². The number of carbonyl (C=O) groups is 1. The van der Waals surface area contributed by atoms with Gasteiger partial charge in [0, 0.05) is 12.4 Å². The number of hydrogen-bond donors (Lipinski definition) is 0. The zero-order chi connectivity index (χ0) is 9.97. The molecule has 70 valence electrons. The fraction of sp³-hybridized carbons (Fsp3) is 0.100. The van der Waals surface area contributed by atoms with Crippen molar-refractivity contribution in [2.75, 3.05) is 0 Å². The molecule has 0 fully saturated rings. The lowest BCUT2D eigenvalue weighted by molar-refractivity contribution is 0.112. The van der Waals surface area contributed by atoms with Crippen molar-refractivity contribution in [2.24, 2.45) is 0 Å². The van der Waals surface area contributed by atoms with Crippen LogP contribution in [0.25, 0.3) is 5.82 Å². The van der Waals surface area contributed by atoms with Crippen molar-refractivity contribution in [3.05, 3.63) is 42.1 Å². The summed E-state index contributed by atoms with van der Waals surface area (Å²) in [6.07, 6.45) is 5.91. The lowest BCUT2D eigenvalue weighted by Crippen LogP contribution is -1.99. The Morgan fingerprint density at radius 2 is 2.29 bits per heavy atom. The highest BCUT2D eigenvalue weighted by Gasteiger charge is 2.04. The van der Waals surface area contributed by atoms with Crippen LogP contribution in [0.3, 0.4) is 0 Å². The summed E-state index contributed by atoms with van der Waals surface area (Å²) in [5.41, 5.74) is 1.46. The molecule has 2 aromatic rings. The normalized spacial score (nSPS) is 10.1. The van der Waals surface area contributed by atoms with Gasteiger partial charge in [-0.15, -0.1) is 0 Å². The Hall–Kier alpha value is -1.97. The Morgan fingerprint density at radius 1 is 1.43 bits per heavy atom. The molecule has 4 heteroatoms. The van der Waals surface area contributed by atoms with Crippen LogP contribution >= 0.6 is 0 Å². The SMILES string of the molecule is Cc1cn(-c2ncccc2C=O)cn1. The first kappa shape index (κ1) is 8.62. The number of aldehydes is 1. The van der Waals surface area contributed by atoms with Gasteiger partial charge in [0.15, 0.2) is 6.29 Å². The average molecular weight is 187 g/mol. The van der Waals surface area contributed by atoms with Crippen LogP contribution in [0, 0.1) is 6.92 Å². The van der Waals surface area contributed by atoms with E-state index >= 15 is 0 Å². The minimum absolute atomic E-state index is 0.560. The van der Waals surface area contributed by atoms with Gasteiger partial charge in [0.1, 0.15) is 12.1 Å². The Balaban J connectivity index is 2.55. The van der Waals surface area contributed by atoms with E-state index in [9.17, 15) is 4.79 Å². The summed E-state index contributed by atoms with van der Waals surface area (Å²) < 4.78 is 1.74. The van der Waals surface area contributed by atoms with Crippen LogP contribution < -0.4 is 0 Å². The first-order chi connectivity index (χ1) is 6.81. The van der Waals surface area contributed by atoms with E-state index in [4.69, 9.17) is 0 Å². The number of imidazole rings is 1. The van der Waals surface area contributed by atoms with E-state index in [-0.39, 0.29) is 0 Å². The van der Waals surface area contributed by atoms with E-state index in [1.165, 1.54) is 0 Å². The largest absolute Gasteiger partial charge is 0.298 e. The van der Waals surface area contributed by atoms with Gasteiger partial charge in [0.2, 0.25) is 0 Å². The van der Waals surface area contributed by atoms with Crippen molar-refractivity contribution in [3.8, 4) is 5.82 Å². The maximum atomic E-state index is 10.7. The van der Waals surface area contributed by atoms with Crippen LogP contribution in [-0.4, -0.2) is 20.8 Å². The second-order valence-corrected chi connectivity index (χ2v) is 2.96. The molecule has 4 nitrogen and oxygen atoms in total. The summed E-state index contributed by atoms with van der Waals surface area (Å²) in [6.45, 7) is 1.89. The fourth-order valence-corrected chi connectivity index (χ4v) is 1.25. The topological polar surface area (TPSA) is 47.8 Å². The zero-order valence-corrected chi connectivity index (χ0v) is 7.71. The van der Waals surface area contributed by atoms with Gasteiger partial charge >= 0.3 is 0 Å². The summed E-state index contributed by atoms with van der Waals surface area (Å²) in [6, 6.07) is 3.46. The molecule has 0 saturated heterocycles. The Bertz CT molecular complexity index is 462. The average Bonchev–Trinajstić information content (AvgIpc) is 2.65. The summed E-state index contributed by atoms with van der Waals surface area (Å²) in [7, 11) is 0. The molecule has 0 aliphatic rings. The molecule has 2 rings (SSSR count). The number of pyridine rings is 1. The van der Waals surface area contributed by atoms with Gasteiger partial charge in [0.05, 0.1) is 11.3 Å². The predicted octanol–water partition coefficient (Wildman–Crippen LogP) is 1.39. The molecular weight excluding hydrogens is 178 g/mol. The number of aryl methyl sites for hydroxylation is 1. The summed E-state index contributed by atoms with van der Waals surface area (Å²) in [5.74, 6) is 0.614. The van der Waals surface area contributed by atoms with E-state index < -0.39 is 0 Å². The second-order valence-electron chi connectivity index (χ2n) is 2.96. The number of hydrogen-bond acceptors (Lipinski definition) is 3. The maximum absolute atomic E-state index is 10.7. The Kier molecular flexibility index (Phi) is 2.10. The maximum Gasteiger partial charge on any atom is 0.153 e. The third-order valence-corrected chi connectivity index (χ3v) is 1.90. The van der Waals surface area contributed by atoms with Crippen LogP contribution in [0.1, 0.15) is 16.1 Å². The van der Waals surface area contributed by atoms with E-state index in [0.29, 0.717) is 11.4 Å². The van der Waals surface area contributed by atoms with Crippen LogP contribution in [0.5, 0.6) is 0 Å². The molecule has 0 aromatic carbocycles. The highest BCUT2D eigenvalue weighted by molar-refractivity contribution is 5.79. The molecule has 0 saturated carbocycles. The van der Waals surface area contributed by atoms with E-state index in [1.54, 1.807) is 29.2 Å². The highest BCUT2D eigenvalue weighted by Crippen LogP contribution is 2.09. The number of nitrogens with zero attached hydrogens (tertiary/aromatic N) is 3. The second kappa shape index (κ2) is 3.41. The zero-order valence-electron chi connectivity index (χ0n) is 7.71. The van der Waals surface area contributed by atoms with E-state index in [0.717, 1.165) is 12.0 Å². The molecule has 2 aromatic heterocycles. The molecule has 0 radical (unpaired) electrons. The molecule has 0 amide bonds. The number of carbonyl (C=O) groups excluding carboxylic acids is 1. The van der Waals surface area contributed by atoms with Gasteiger partial charge in [-0.3, -0.25) is 9.36 Å². The van der Waals surface area contributed by atoms with Gasteiger partial charge in [-0.1, -0.05) is 0 Å². The van der Waals surface area contributed by atoms with E-state index in [1.807, 2.05) is 13.1 Å².